The van der Waals surface area contributed by atoms with Crippen molar-refractivity contribution >= 4 is 39.0 Å². The summed E-state index contributed by atoms with van der Waals surface area (Å²) in [5.41, 5.74) is 6.06. The van der Waals surface area contributed by atoms with E-state index in [2.05, 4.69) is 26.2 Å². The fraction of sp³-hybridized carbons (Fsp3) is 0.167. The number of nitrogens with two attached hydrogens (primary N) is 1. The van der Waals surface area contributed by atoms with Crippen LogP contribution in [0.3, 0.4) is 0 Å². The molecule has 0 bridgehead atoms. The molecule has 0 aromatic carbocycles. The number of pyridine rings is 1. The Morgan fingerprint density at radius 1 is 1.44 bits per heavy atom. The molecule has 3 N–H and O–H groups in total. The third kappa shape index (κ3) is 3.54. The molecule has 18 heavy (non-hydrogen) atoms. The standard InChI is InChI=1S/C12H12BrN3OS/c13-10-2-1-9(18-10)4-6-16-12(17)8-3-5-15-11(14)7-8/h1-3,5,7H,4,6H2,(H2,14,15)(H,16,17). The Morgan fingerprint density at radius 3 is 2.94 bits per heavy atom. The van der Waals surface area contributed by atoms with Crippen LogP contribution in [0.4, 0.5) is 5.82 Å². The lowest BCUT2D eigenvalue weighted by molar-refractivity contribution is 0.0954. The summed E-state index contributed by atoms with van der Waals surface area (Å²) in [5.74, 6) is 0.226. The van der Waals surface area contributed by atoms with Crippen LogP contribution < -0.4 is 11.1 Å². The average Bonchev–Trinajstić information content (AvgIpc) is 2.75. The van der Waals surface area contributed by atoms with Gasteiger partial charge in [-0.05, 0) is 46.6 Å². The number of carbonyl (C=O) groups is 1. The van der Waals surface area contributed by atoms with Crippen molar-refractivity contribution in [2.24, 2.45) is 0 Å². The highest BCUT2D eigenvalue weighted by Crippen LogP contribution is 2.22. The van der Waals surface area contributed by atoms with Crippen LogP contribution in [-0.2, 0) is 6.42 Å². The van der Waals surface area contributed by atoms with Crippen LogP contribution in [0, 0.1) is 0 Å². The summed E-state index contributed by atoms with van der Waals surface area (Å²) in [7, 11) is 0. The zero-order chi connectivity index (χ0) is 13.0. The summed E-state index contributed by atoms with van der Waals surface area (Å²) in [6.07, 6.45) is 2.35. The summed E-state index contributed by atoms with van der Waals surface area (Å²) in [4.78, 5) is 16.9. The zero-order valence-corrected chi connectivity index (χ0v) is 11.9. The Kier molecular flexibility index (Phi) is 4.33. The van der Waals surface area contributed by atoms with Crippen LogP contribution in [-0.4, -0.2) is 17.4 Å². The summed E-state index contributed by atoms with van der Waals surface area (Å²) < 4.78 is 1.10. The number of nitrogen functional groups attached to an aromatic ring is 1. The summed E-state index contributed by atoms with van der Waals surface area (Å²) in [5, 5.41) is 2.85. The lowest BCUT2D eigenvalue weighted by Crippen LogP contribution is -2.25. The molecule has 2 aromatic rings. The van der Waals surface area contributed by atoms with E-state index in [-0.39, 0.29) is 5.91 Å². The van der Waals surface area contributed by atoms with Gasteiger partial charge in [-0.1, -0.05) is 0 Å². The smallest absolute Gasteiger partial charge is 0.251 e. The van der Waals surface area contributed by atoms with E-state index < -0.39 is 0 Å². The molecule has 0 aliphatic carbocycles. The van der Waals surface area contributed by atoms with Gasteiger partial charge in [0.05, 0.1) is 3.79 Å². The first kappa shape index (κ1) is 13.0. The molecule has 0 aliphatic rings. The number of aromatic nitrogens is 1. The van der Waals surface area contributed by atoms with Crippen molar-refractivity contribution in [3.05, 3.63) is 44.7 Å². The zero-order valence-electron chi connectivity index (χ0n) is 9.52. The number of rotatable bonds is 4. The monoisotopic (exact) mass is 325 g/mol. The van der Waals surface area contributed by atoms with Gasteiger partial charge in [-0.2, -0.15) is 0 Å². The van der Waals surface area contributed by atoms with Gasteiger partial charge in [-0.3, -0.25) is 4.79 Å². The molecular formula is C12H12BrN3OS. The van der Waals surface area contributed by atoms with Crippen LogP contribution in [0.25, 0.3) is 0 Å². The van der Waals surface area contributed by atoms with Crippen LogP contribution >= 0.6 is 27.3 Å². The number of nitrogens with one attached hydrogen (secondary N) is 1. The molecule has 0 fully saturated rings. The minimum atomic E-state index is -0.125. The van der Waals surface area contributed by atoms with E-state index in [1.165, 1.54) is 11.1 Å². The average molecular weight is 326 g/mol. The van der Waals surface area contributed by atoms with Gasteiger partial charge in [0.1, 0.15) is 5.82 Å². The Bertz CT molecular complexity index is 556. The molecule has 2 heterocycles. The first-order valence-corrected chi connectivity index (χ1v) is 7.00. The SMILES string of the molecule is Nc1cc(C(=O)NCCc2ccc(Br)s2)ccn1. The highest BCUT2D eigenvalue weighted by Gasteiger charge is 2.05. The molecule has 0 saturated heterocycles. The number of nitrogens with zero attached hydrogens (tertiary/aromatic N) is 1. The van der Waals surface area contributed by atoms with E-state index in [0.29, 0.717) is 17.9 Å². The van der Waals surface area contributed by atoms with Crippen LogP contribution in [0.2, 0.25) is 0 Å². The van der Waals surface area contributed by atoms with E-state index in [9.17, 15) is 4.79 Å². The van der Waals surface area contributed by atoms with E-state index in [0.717, 1.165) is 10.2 Å². The van der Waals surface area contributed by atoms with Crippen LogP contribution in [0.15, 0.2) is 34.2 Å². The van der Waals surface area contributed by atoms with Gasteiger partial charge in [-0.15, -0.1) is 11.3 Å². The van der Waals surface area contributed by atoms with Gasteiger partial charge in [0.2, 0.25) is 0 Å². The minimum Gasteiger partial charge on any atom is -0.384 e. The molecule has 0 aliphatic heterocycles. The normalized spacial score (nSPS) is 10.3. The second-order valence-electron chi connectivity index (χ2n) is 3.68. The lowest BCUT2D eigenvalue weighted by atomic mass is 10.2. The molecule has 0 spiro atoms. The third-order valence-corrected chi connectivity index (χ3v) is 4.01. The van der Waals surface area contributed by atoms with Gasteiger partial charge in [0.15, 0.2) is 0 Å². The molecular weight excluding hydrogens is 314 g/mol. The number of hydrogen-bond donors (Lipinski definition) is 2. The molecule has 6 heteroatoms. The second kappa shape index (κ2) is 5.97. The topological polar surface area (TPSA) is 68.0 Å². The fourth-order valence-electron chi connectivity index (χ4n) is 1.48. The summed E-state index contributed by atoms with van der Waals surface area (Å²) in [6, 6.07) is 7.27. The maximum atomic E-state index is 11.8. The van der Waals surface area contributed by atoms with Crippen molar-refractivity contribution in [3.8, 4) is 0 Å². The van der Waals surface area contributed by atoms with Crippen molar-refractivity contribution in [2.75, 3.05) is 12.3 Å². The van der Waals surface area contributed by atoms with Crippen molar-refractivity contribution in [1.82, 2.24) is 10.3 Å². The molecule has 4 nitrogen and oxygen atoms in total. The number of anilines is 1. The summed E-state index contributed by atoms with van der Waals surface area (Å²) in [6.45, 7) is 0.605. The Labute approximate surface area is 117 Å². The molecule has 2 aromatic heterocycles. The lowest BCUT2D eigenvalue weighted by Gasteiger charge is -2.04. The first-order chi connectivity index (χ1) is 8.65. The van der Waals surface area contributed by atoms with E-state index in [1.807, 2.05) is 12.1 Å². The van der Waals surface area contributed by atoms with Crippen molar-refractivity contribution in [2.45, 2.75) is 6.42 Å². The number of halogens is 1. The number of thiophene rings is 1. The van der Waals surface area contributed by atoms with Gasteiger partial charge in [-0.25, -0.2) is 4.98 Å². The Hall–Kier alpha value is -1.40. The van der Waals surface area contributed by atoms with Crippen LogP contribution in [0.5, 0.6) is 0 Å². The van der Waals surface area contributed by atoms with Gasteiger partial charge >= 0.3 is 0 Å². The molecule has 94 valence electrons. The van der Waals surface area contributed by atoms with Crippen molar-refractivity contribution < 1.29 is 4.79 Å². The molecule has 0 unspecified atom stereocenters. The van der Waals surface area contributed by atoms with E-state index in [4.69, 9.17) is 5.73 Å². The highest BCUT2D eigenvalue weighted by atomic mass is 79.9. The van der Waals surface area contributed by atoms with E-state index in [1.54, 1.807) is 23.5 Å². The predicted octanol–water partition coefficient (Wildman–Crippen LogP) is 2.46. The predicted molar refractivity (Wildman–Crippen MR) is 76.7 cm³/mol. The van der Waals surface area contributed by atoms with Crippen LogP contribution in [0.1, 0.15) is 15.2 Å². The summed E-state index contributed by atoms with van der Waals surface area (Å²) >= 11 is 5.08. The van der Waals surface area contributed by atoms with Crippen molar-refractivity contribution in [1.29, 1.82) is 0 Å². The Morgan fingerprint density at radius 2 is 2.28 bits per heavy atom. The minimum absolute atomic E-state index is 0.125. The third-order valence-electron chi connectivity index (χ3n) is 2.33. The Balaban J connectivity index is 1.85. The maximum Gasteiger partial charge on any atom is 0.251 e. The van der Waals surface area contributed by atoms with Crippen molar-refractivity contribution in [3.63, 3.8) is 0 Å². The molecule has 0 radical (unpaired) electrons. The molecule has 0 saturated carbocycles. The molecule has 0 atom stereocenters. The molecule has 1 amide bonds. The highest BCUT2D eigenvalue weighted by molar-refractivity contribution is 9.11. The first-order valence-electron chi connectivity index (χ1n) is 5.39. The van der Waals surface area contributed by atoms with Gasteiger partial charge in [0, 0.05) is 23.2 Å². The largest absolute Gasteiger partial charge is 0.384 e. The number of carbonyl (C=O) groups excluding carboxylic acids is 1. The number of hydrogen-bond acceptors (Lipinski definition) is 4. The quantitative estimate of drug-likeness (QED) is 0.907. The van der Waals surface area contributed by atoms with Gasteiger partial charge in [0.25, 0.3) is 5.91 Å². The molecule has 2 rings (SSSR count). The fourth-order valence-corrected chi connectivity index (χ4v) is 2.96. The second-order valence-corrected chi connectivity index (χ2v) is 6.23. The number of amides is 1. The van der Waals surface area contributed by atoms with E-state index >= 15 is 0 Å². The van der Waals surface area contributed by atoms with Gasteiger partial charge < -0.3 is 11.1 Å². The maximum absolute atomic E-state index is 11.8.